The van der Waals surface area contributed by atoms with E-state index >= 15 is 0 Å². The topological polar surface area (TPSA) is 144 Å². The van der Waals surface area contributed by atoms with Gasteiger partial charge in [-0.3, -0.25) is 10.5 Å². The highest BCUT2D eigenvalue weighted by molar-refractivity contribution is 7.93. The number of anilines is 2. The fourth-order valence-corrected chi connectivity index (χ4v) is 5.85. The number of fused-ring (bicyclic) bond motifs is 1. The second-order valence-electron chi connectivity index (χ2n) is 6.91. The molecule has 9 nitrogen and oxygen atoms in total. The number of nitrogen functional groups attached to an aromatic ring is 1. The maximum absolute atomic E-state index is 13.1. The van der Waals surface area contributed by atoms with Crippen molar-refractivity contribution in [1.29, 1.82) is 0 Å². The lowest BCUT2D eigenvalue weighted by atomic mass is 10.3. The highest BCUT2D eigenvalue weighted by Gasteiger charge is 2.26. The zero-order valence-corrected chi connectivity index (χ0v) is 18.7. The molecule has 0 spiro atoms. The van der Waals surface area contributed by atoms with Crippen LogP contribution < -0.4 is 15.2 Å². The van der Waals surface area contributed by atoms with E-state index in [2.05, 4.69) is 4.72 Å². The monoisotopic (exact) mass is 494 g/mol. The van der Waals surface area contributed by atoms with Gasteiger partial charge >= 0.3 is 5.82 Å². The van der Waals surface area contributed by atoms with Crippen LogP contribution in [0.25, 0.3) is 11.0 Å². The Labute approximate surface area is 188 Å². The molecule has 0 bridgehead atoms. The Morgan fingerprint density at radius 1 is 1.03 bits per heavy atom. The number of hydrogen-bond donors (Lipinski definition) is 3. The van der Waals surface area contributed by atoms with Gasteiger partial charge in [0.05, 0.1) is 16.3 Å². The summed E-state index contributed by atoms with van der Waals surface area (Å²) < 4.78 is 60.3. The van der Waals surface area contributed by atoms with Gasteiger partial charge in [-0.05, 0) is 35.9 Å². The van der Waals surface area contributed by atoms with Crippen molar-refractivity contribution in [3.63, 3.8) is 0 Å². The molecule has 0 atom stereocenters. The van der Waals surface area contributed by atoms with Gasteiger partial charge in [-0.15, -0.1) is 0 Å². The number of sulfone groups is 1. The third-order valence-corrected chi connectivity index (χ3v) is 7.77. The largest absolute Gasteiger partial charge is 0.443 e. The molecule has 2 aromatic carbocycles. The van der Waals surface area contributed by atoms with E-state index in [1.165, 1.54) is 42.6 Å². The van der Waals surface area contributed by atoms with Crippen molar-refractivity contribution >= 4 is 53.9 Å². The molecular weight excluding hydrogens is 478 g/mol. The number of rotatable bonds is 6. The summed E-state index contributed by atoms with van der Waals surface area (Å²) in [6.07, 6.45) is 1.20. The molecule has 0 radical (unpaired) electrons. The Morgan fingerprint density at radius 2 is 1.78 bits per heavy atom. The van der Waals surface area contributed by atoms with Gasteiger partial charge < -0.3 is 9.62 Å². The summed E-state index contributed by atoms with van der Waals surface area (Å²) in [6, 6.07) is 14.5. The fraction of sp³-hybridized carbons (Fsp3) is 0.0500. The van der Waals surface area contributed by atoms with E-state index in [4.69, 9.17) is 21.8 Å². The molecule has 4 rings (SSSR count). The van der Waals surface area contributed by atoms with E-state index in [-0.39, 0.29) is 26.5 Å². The van der Waals surface area contributed by atoms with Crippen LogP contribution in [0.4, 0.5) is 11.5 Å². The quantitative estimate of drug-likeness (QED) is 0.276. The first-order valence-corrected chi connectivity index (χ1v) is 12.6. The lowest BCUT2D eigenvalue weighted by molar-refractivity contribution is -0.893. The average Bonchev–Trinajstić information content (AvgIpc) is 3.15. The zero-order chi connectivity index (χ0) is 23.1. The molecule has 32 heavy (non-hydrogen) atoms. The number of hydrogen-bond acceptors (Lipinski definition) is 7. The first-order valence-electron chi connectivity index (χ1n) is 9.08. The van der Waals surface area contributed by atoms with E-state index < -0.39 is 25.6 Å². The Kier molecular flexibility index (Phi) is 5.49. The average molecular weight is 495 g/mol. The third kappa shape index (κ3) is 4.35. The number of nitrogens with one attached hydrogen (secondary N) is 1. The molecule has 0 unspecified atom stereocenters. The summed E-state index contributed by atoms with van der Waals surface area (Å²) in [4.78, 5) is -0.277. The standard InChI is InChI=1S/C20H16ClN3O6S2/c21-15-5-6-18(31(26,27)12-13-7-8-24(25)19(22)9-13)16(11-15)23-32(28,29)20-10-14-3-1-2-4-17(14)30-20/h1-11,22-23,25H,12H2/p+1. The molecule has 0 aliphatic heterocycles. The van der Waals surface area contributed by atoms with Gasteiger partial charge in [-0.2, -0.15) is 8.42 Å². The number of sulfonamides is 1. The fourth-order valence-electron chi connectivity index (χ4n) is 3.08. The minimum Gasteiger partial charge on any atom is -0.443 e. The van der Waals surface area contributed by atoms with Crippen LogP contribution in [-0.2, 0) is 25.6 Å². The van der Waals surface area contributed by atoms with Crippen molar-refractivity contribution in [2.75, 3.05) is 10.5 Å². The Bertz CT molecular complexity index is 1520. The summed E-state index contributed by atoms with van der Waals surface area (Å²) in [7, 11) is -8.29. The van der Waals surface area contributed by atoms with Crippen molar-refractivity contribution in [2.24, 2.45) is 0 Å². The van der Waals surface area contributed by atoms with Crippen LogP contribution in [0.15, 0.2) is 81.3 Å². The normalized spacial score (nSPS) is 12.2. The number of benzene rings is 2. The lowest BCUT2D eigenvalue weighted by Gasteiger charge is -2.13. The van der Waals surface area contributed by atoms with Gasteiger partial charge in [0.2, 0.25) is 5.09 Å². The van der Waals surface area contributed by atoms with Crippen molar-refractivity contribution in [3.8, 4) is 0 Å². The first kappa shape index (κ1) is 21.9. The minimum absolute atomic E-state index is 0.0559. The number of pyridine rings is 1. The number of nitrogens with two attached hydrogens (primary N) is 1. The maximum atomic E-state index is 13.1. The molecule has 0 saturated heterocycles. The van der Waals surface area contributed by atoms with Gasteiger partial charge in [-0.25, -0.2) is 8.42 Å². The number of aromatic nitrogens is 1. The van der Waals surface area contributed by atoms with E-state index in [0.29, 0.717) is 21.3 Å². The summed E-state index contributed by atoms with van der Waals surface area (Å²) in [5.74, 6) is -0.543. The Hall–Kier alpha value is -3.28. The first-order chi connectivity index (χ1) is 15.0. The maximum Gasteiger partial charge on any atom is 0.312 e. The van der Waals surface area contributed by atoms with Gasteiger partial charge in [-0.1, -0.05) is 34.5 Å². The number of nitrogens with zero attached hydrogens (tertiary/aromatic N) is 1. The molecule has 12 heteroatoms. The molecule has 4 aromatic rings. The SMILES string of the molecule is Nc1cc(CS(=O)(=O)c2ccc(Cl)cc2NS(=O)(=O)c2cc3ccccc3o2)cc[n+]1O. The molecule has 4 N–H and O–H groups in total. The number of halogens is 1. The molecule has 0 aliphatic carbocycles. The zero-order valence-electron chi connectivity index (χ0n) is 16.3. The van der Waals surface area contributed by atoms with E-state index in [0.717, 1.165) is 0 Å². The van der Waals surface area contributed by atoms with Crippen LogP contribution in [0, 0.1) is 0 Å². The highest BCUT2D eigenvalue weighted by Crippen LogP contribution is 2.31. The van der Waals surface area contributed by atoms with E-state index in [9.17, 15) is 22.0 Å². The van der Waals surface area contributed by atoms with Crippen LogP contribution in [0.5, 0.6) is 0 Å². The smallest absolute Gasteiger partial charge is 0.312 e. The predicted molar refractivity (Wildman–Crippen MR) is 118 cm³/mol. The number of para-hydroxylation sites is 1. The molecule has 2 aromatic heterocycles. The van der Waals surface area contributed by atoms with Crippen molar-refractivity contribution < 1.29 is 31.2 Å². The third-order valence-electron chi connectivity index (χ3n) is 4.57. The summed E-state index contributed by atoms with van der Waals surface area (Å²) in [6.45, 7) is 0. The van der Waals surface area contributed by atoms with Crippen molar-refractivity contribution in [3.05, 3.63) is 77.4 Å². The molecule has 0 fully saturated rings. The highest BCUT2D eigenvalue weighted by atomic mass is 35.5. The van der Waals surface area contributed by atoms with Crippen molar-refractivity contribution in [1.82, 2.24) is 0 Å². The predicted octanol–water partition coefficient (Wildman–Crippen LogP) is 2.97. The van der Waals surface area contributed by atoms with Gasteiger partial charge in [0.1, 0.15) is 11.8 Å². The van der Waals surface area contributed by atoms with Crippen LogP contribution in [0.2, 0.25) is 5.02 Å². The van der Waals surface area contributed by atoms with Crippen molar-refractivity contribution in [2.45, 2.75) is 15.7 Å². The van der Waals surface area contributed by atoms with E-state index in [1.54, 1.807) is 24.3 Å². The second kappa shape index (κ2) is 8.01. The molecule has 0 amide bonds. The summed E-state index contributed by atoms with van der Waals surface area (Å²) in [5, 5.41) is 9.81. The van der Waals surface area contributed by atoms with Gasteiger partial charge in [0.25, 0.3) is 10.0 Å². The molecule has 0 saturated carbocycles. The minimum atomic E-state index is -4.26. The van der Waals surface area contributed by atoms with Gasteiger partial charge in [0.15, 0.2) is 9.84 Å². The van der Waals surface area contributed by atoms with Crippen LogP contribution in [0.1, 0.15) is 5.56 Å². The molecular formula is C20H17ClN3O6S2+. The Balaban J connectivity index is 1.72. The second-order valence-corrected chi connectivity index (χ2v) is 10.9. The summed E-state index contributed by atoms with van der Waals surface area (Å²) in [5.41, 5.74) is 6.05. The molecule has 166 valence electrons. The van der Waals surface area contributed by atoms with Crippen LogP contribution >= 0.6 is 11.6 Å². The van der Waals surface area contributed by atoms with Crippen LogP contribution in [0.3, 0.4) is 0 Å². The van der Waals surface area contributed by atoms with Crippen LogP contribution in [-0.4, -0.2) is 22.0 Å². The molecule has 0 aliphatic rings. The van der Waals surface area contributed by atoms with E-state index in [1.807, 2.05) is 0 Å². The molecule has 2 heterocycles. The Morgan fingerprint density at radius 3 is 2.50 bits per heavy atom. The number of furan rings is 1. The van der Waals surface area contributed by atoms with Gasteiger partial charge in [0, 0.05) is 22.5 Å². The summed E-state index contributed by atoms with van der Waals surface area (Å²) >= 11 is 6.00. The lowest BCUT2D eigenvalue weighted by Crippen LogP contribution is -2.33.